The Hall–Kier alpha value is -0.410. The lowest BCUT2D eigenvalue weighted by atomic mass is 9.74. The normalized spacial score (nSPS) is 28.2. The van der Waals surface area contributed by atoms with Gasteiger partial charge in [-0.3, -0.25) is 4.79 Å². The Balaban J connectivity index is 1.89. The summed E-state index contributed by atoms with van der Waals surface area (Å²) < 4.78 is 6.02. The number of Topliss-reactive ketones (excluding diaryl/α,β-unsaturated/α-hetero) is 1. The van der Waals surface area contributed by atoms with Crippen LogP contribution in [0.3, 0.4) is 0 Å². The number of carbonyl (C=O) groups excluding carboxylic acids is 1. The van der Waals surface area contributed by atoms with Gasteiger partial charge in [-0.25, -0.2) is 0 Å². The molecule has 2 fully saturated rings. The third kappa shape index (κ3) is 3.29. The van der Waals surface area contributed by atoms with Crippen molar-refractivity contribution in [1.82, 2.24) is 5.32 Å². The van der Waals surface area contributed by atoms with Gasteiger partial charge >= 0.3 is 0 Å². The topological polar surface area (TPSA) is 38.3 Å². The van der Waals surface area contributed by atoms with Crippen LogP contribution in [-0.4, -0.2) is 31.6 Å². The van der Waals surface area contributed by atoms with Crippen LogP contribution in [0.4, 0.5) is 0 Å². The van der Waals surface area contributed by atoms with Gasteiger partial charge in [-0.1, -0.05) is 19.3 Å². The number of nitrogens with one attached hydrogen (secondary N) is 1. The molecular weight excluding hydrogens is 214 g/mol. The lowest BCUT2D eigenvalue weighted by molar-refractivity contribution is -0.142. The van der Waals surface area contributed by atoms with Gasteiger partial charge < -0.3 is 10.1 Å². The zero-order chi connectivity index (χ0) is 12.1. The van der Waals surface area contributed by atoms with Crippen LogP contribution in [0.2, 0.25) is 0 Å². The fourth-order valence-electron chi connectivity index (χ4n) is 3.30. The van der Waals surface area contributed by atoms with E-state index in [2.05, 4.69) is 5.32 Å². The molecule has 1 aliphatic carbocycles. The molecule has 1 unspecified atom stereocenters. The van der Waals surface area contributed by atoms with Gasteiger partial charge in [-0.05, 0) is 32.7 Å². The van der Waals surface area contributed by atoms with E-state index in [0.717, 1.165) is 26.0 Å². The van der Waals surface area contributed by atoms with Crippen molar-refractivity contribution < 1.29 is 9.53 Å². The van der Waals surface area contributed by atoms with Crippen LogP contribution in [0.5, 0.6) is 0 Å². The number of carbonyl (C=O) groups is 1. The Kier molecular flexibility index (Phi) is 4.57. The standard InChI is InChI=1S/C14H25NO2/c1-15-9-5-13(16)12-6-10-17-14(11-12)7-3-2-4-8-14/h12,15H,2-11H2,1H3. The predicted molar refractivity (Wildman–Crippen MR) is 68.0 cm³/mol. The molecule has 0 aromatic carbocycles. The van der Waals surface area contributed by atoms with Crippen molar-refractivity contribution in [3.8, 4) is 0 Å². The first kappa shape index (κ1) is 13.0. The second-order valence-corrected chi connectivity index (χ2v) is 5.60. The summed E-state index contributed by atoms with van der Waals surface area (Å²) in [5.41, 5.74) is 0.0659. The average molecular weight is 239 g/mol. The van der Waals surface area contributed by atoms with Gasteiger partial charge in [0.1, 0.15) is 5.78 Å². The summed E-state index contributed by atoms with van der Waals surface area (Å²) in [5, 5.41) is 3.06. The quantitative estimate of drug-likeness (QED) is 0.818. The summed E-state index contributed by atoms with van der Waals surface area (Å²) >= 11 is 0. The van der Waals surface area contributed by atoms with Crippen molar-refractivity contribution in [2.75, 3.05) is 20.2 Å². The number of hydrogen-bond donors (Lipinski definition) is 1. The van der Waals surface area contributed by atoms with E-state index in [9.17, 15) is 4.79 Å². The number of rotatable bonds is 4. The van der Waals surface area contributed by atoms with Crippen molar-refractivity contribution in [3.63, 3.8) is 0 Å². The van der Waals surface area contributed by atoms with Crippen LogP contribution in [0.25, 0.3) is 0 Å². The van der Waals surface area contributed by atoms with Crippen molar-refractivity contribution in [3.05, 3.63) is 0 Å². The number of ether oxygens (including phenoxy) is 1. The van der Waals surface area contributed by atoms with E-state index in [1.165, 1.54) is 32.1 Å². The first-order valence-electron chi connectivity index (χ1n) is 7.07. The Morgan fingerprint density at radius 2 is 2.12 bits per heavy atom. The molecule has 3 heteroatoms. The zero-order valence-electron chi connectivity index (χ0n) is 11.0. The van der Waals surface area contributed by atoms with E-state index in [-0.39, 0.29) is 11.5 Å². The molecule has 1 saturated heterocycles. The molecule has 0 amide bonds. The molecule has 1 spiro atoms. The SMILES string of the molecule is CNCCC(=O)C1CCOC2(CCCCC2)C1. The summed E-state index contributed by atoms with van der Waals surface area (Å²) in [6.45, 7) is 1.60. The van der Waals surface area contributed by atoms with Crippen molar-refractivity contribution in [1.29, 1.82) is 0 Å². The molecule has 98 valence electrons. The Morgan fingerprint density at radius 1 is 1.35 bits per heavy atom. The predicted octanol–water partition coefficient (Wildman–Crippen LogP) is 2.29. The van der Waals surface area contributed by atoms with E-state index >= 15 is 0 Å². The summed E-state index contributed by atoms with van der Waals surface area (Å²) in [6.07, 6.45) is 8.82. The largest absolute Gasteiger partial charge is 0.375 e. The molecule has 2 aliphatic rings. The van der Waals surface area contributed by atoms with Gasteiger partial charge in [0.15, 0.2) is 0 Å². The van der Waals surface area contributed by atoms with Crippen LogP contribution >= 0.6 is 0 Å². The fraction of sp³-hybridized carbons (Fsp3) is 0.929. The molecule has 3 nitrogen and oxygen atoms in total. The fourth-order valence-corrected chi connectivity index (χ4v) is 3.30. The lowest BCUT2D eigenvalue weighted by Crippen LogP contribution is -2.43. The van der Waals surface area contributed by atoms with E-state index in [0.29, 0.717) is 12.2 Å². The molecule has 1 atom stereocenters. The third-order valence-corrected chi connectivity index (χ3v) is 4.33. The molecule has 17 heavy (non-hydrogen) atoms. The van der Waals surface area contributed by atoms with Crippen LogP contribution < -0.4 is 5.32 Å². The molecule has 1 N–H and O–H groups in total. The molecule has 2 rings (SSSR count). The second-order valence-electron chi connectivity index (χ2n) is 5.60. The maximum Gasteiger partial charge on any atom is 0.137 e. The highest BCUT2D eigenvalue weighted by atomic mass is 16.5. The molecular formula is C14H25NO2. The minimum absolute atomic E-state index is 0.0659. The van der Waals surface area contributed by atoms with E-state index in [1.807, 2.05) is 7.05 Å². The minimum Gasteiger partial charge on any atom is -0.375 e. The van der Waals surface area contributed by atoms with Gasteiger partial charge in [0, 0.05) is 25.5 Å². The second kappa shape index (κ2) is 5.96. The van der Waals surface area contributed by atoms with E-state index in [4.69, 9.17) is 4.74 Å². The summed E-state index contributed by atoms with van der Waals surface area (Å²) in [6, 6.07) is 0. The lowest BCUT2D eigenvalue weighted by Gasteiger charge is -2.43. The van der Waals surface area contributed by atoms with Crippen LogP contribution in [0.15, 0.2) is 0 Å². The van der Waals surface area contributed by atoms with E-state index < -0.39 is 0 Å². The first-order chi connectivity index (χ1) is 8.26. The highest BCUT2D eigenvalue weighted by Crippen LogP contribution is 2.41. The molecule has 1 heterocycles. The van der Waals surface area contributed by atoms with Crippen LogP contribution in [0.1, 0.15) is 51.4 Å². The van der Waals surface area contributed by atoms with Gasteiger partial charge in [-0.2, -0.15) is 0 Å². The number of hydrogen-bond acceptors (Lipinski definition) is 3. The average Bonchev–Trinajstić information content (AvgIpc) is 2.37. The minimum atomic E-state index is 0.0659. The van der Waals surface area contributed by atoms with Gasteiger partial charge in [0.05, 0.1) is 5.60 Å². The summed E-state index contributed by atoms with van der Waals surface area (Å²) in [5.74, 6) is 0.697. The van der Waals surface area contributed by atoms with Gasteiger partial charge in [-0.15, -0.1) is 0 Å². The smallest absolute Gasteiger partial charge is 0.137 e. The Bertz CT molecular complexity index is 253. The highest BCUT2D eigenvalue weighted by Gasteiger charge is 2.40. The Morgan fingerprint density at radius 3 is 2.82 bits per heavy atom. The van der Waals surface area contributed by atoms with Crippen molar-refractivity contribution in [2.24, 2.45) is 5.92 Å². The first-order valence-corrected chi connectivity index (χ1v) is 7.07. The maximum atomic E-state index is 12.1. The zero-order valence-corrected chi connectivity index (χ0v) is 11.0. The van der Waals surface area contributed by atoms with Crippen LogP contribution in [0, 0.1) is 5.92 Å². The van der Waals surface area contributed by atoms with Gasteiger partial charge in [0.25, 0.3) is 0 Å². The summed E-state index contributed by atoms with van der Waals surface area (Å²) in [4.78, 5) is 12.1. The van der Waals surface area contributed by atoms with Crippen LogP contribution in [-0.2, 0) is 9.53 Å². The summed E-state index contributed by atoms with van der Waals surface area (Å²) in [7, 11) is 1.90. The Labute approximate surface area is 104 Å². The molecule has 0 aromatic rings. The van der Waals surface area contributed by atoms with Crippen molar-refractivity contribution >= 4 is 5.78 Å². The molecule has 1 aliphatic heterocycles. The molecule has 0 bridgehead atoms. The molecule has 0 radical (unpaired) electrons. The molecule has 1 saturated carbocycles. The van der Waals surface area contributed by atoms with Gasteiger partial charge in [0.2, 0.25) is 0 Å². The third-order valence-electron chi connectivity index (χ3n) is 4.33. The monoisotopic (exact) mass is 239 g/mol. The number of ketones is 1. The maximum absolute atomic E-state index is 12.1. The van der Waals surface area contributed by atoms with Crippen molar-refractivity contribution in [2.45, 2.75) is 57.0 Å². The van der Waals surface area contributed by atoms with E-state index in [1.54, 1.807) is 0 Å². The highest BCUT2D eigenvalue weighted by molar-refractivity contribution is 5.81. The molecule has 0 aromatic heterocycles.